The summed E-state index contributed by atoms with van der Waals surface area (Å²) in [7, 11) is -3.70. The summed E-state index contributed by atoms with van der Waals surface area (Å²) < 4.78 is 28.2. The van der Waals surface area contributed by atoms with Crippen molar-refractivity contribution in [3.8, 4) is 0 Å². The average molecular weight is 427 g/mol. The number of anilines is 1. The number of hydrogen-bond acceptors (Lipinski definition) is 3. The fourth-order valence-corrected chi connectivity index (χ4v) is 5.94. The van der Waals surface area contributed by atoms with Gasteiger partial charge in [-0.15, -0.1) is 0 Å². The quantitative estimate of drug-likeness (QED) is 0.697. The Kier molecular flexibility index (Phi) is 6.14. The molecule has 1 N–H and O–H groups in total. The molecule has 0 aliphatic heterocycles. The number of aryl methyl sites for hydroxylation is 1. The Bertz CT molecular complexity index is 973. The highest BCUT2D eigenvalue weighted by atomic mass is 32.2. The van der Waals surface area contributed by atoms with Gasteiger partial charge in [-0.2, -0.15) is 0 Å². The first kappa shape index (κ1) is 20.9. The minimum Gasteiger partial charge on any atom is -0.333 e. The van der Waals surface area contributed by atoms with Crippen molar-refractivity contribution in [3.05, 3.63) is 59.7 Å². The number of sulfonamides is 1. The summed E-state index contributed by atoms with van der Waals surface area (Å²) in [6.07, 6.45) is 9.05. The maximum Gasteiger partial charge on any atom is 0.261 e. The van der Waals surface area contributed by atoms with Gasteiger partial charge in [-0.25, -0.2) is 8.42 Å². The Morgan fingerprint density at radius 2 is 1.40 bits per heavy atom. The lowest BCUT2D eigenvalue weighted by atomic mass is 10.1. The molecule has 2 aliphatic rings. The molecule has 1 amide bonds. The number of nitrogens with zero attached hydrogens (tertiary/aromatic N) is 1. The van der Waals surface area contributed by atoms with Gasteiger partial charge < -0.3 is 4.90 Å². The van der Waals surface area contributed by atoms with E-state index in [1.165, 1.54) is 37.8 Å². The van der Waals surface area contributed by atoms with Crippen molar-refractivity contribution >= 4 is 21.6 Å². The van der Waals surface area contributed by atoms with E-state index in [-0.39, 0.29) is 10.8 Å². The molecule has 2 aromatic rings. The molecule has 0 radical (unpaired) electrons. The van der Waals surface area contributed by atoms with E-state index >= 15 is 0 Å². The largest absolute Gasteiger partial charge is 0.333 e. The number of nitrogens with one attached hydrogen (secondary N) is 1. The third-order valence-electron chi connectivity index (χ3n) is 6.47. The zero-order valence-corrected chi connectivity index (χ0v) is 18.3. The van der Waals surface area contributed by atoms with E-state index in [0.29, 0.717) is 23.3 Å². The van der Waals surface area contributed by atoms with Crippen LogP contribution in [0.25, 0.3) is 0 Å². The molecule has 6 heteroatoms. The normalized spacial score (nSPS) is 17.9. The van der Waals surface area contributed by atoms with Crippen LogP contribution in [-0.4, -0.2) is 31.3 Å². The highest BCUT2D eigenvalue weighted by Gasteiger charge is 2.34. The van der Waals surface area contributed by atoms with Crippen molar-refractivity contribution in [2.45, 2.75) is 75.3 Å². The summed E-state index contributed by atoms with van der Waals surface area (Å²) in [5.74, 6) is 0.0459. The molecule has 2 saturated carbocycles. The van der Waals surface area contributed by atoms with Crippen molar-refractivity contribution in [1.29, 1.82) is 0 Å². The highest BCUT2D eigenvalue weighted by molar-refractivity contribution is 7.92. The molecular weight excluding hydrogens is 396 g/mol. The number of carbonyl (C=O) groups is 1. The third kappa shape index (κ3) is 4.38. The van der Waals surface area contributed by atoms with Gasteiger partial charge in [0.2, 0.25) is 0 Å². The summed E-state index contributed by atoms with van der Waals surface area (Å²) in [5, 5.41) is 0. The van der Waals surface area contributed by atoms with E-state index < -0.39 is 10.0 Å². The molecule has 2 aromatic carbocycles. The van der Waals surface area contributed by atoms with Crippen molar-refractivity contribution in [1.82, 2.24) is 4.90 Å². The third-order valence-corrected chi connectivity index (χ3v) is 7.85. The van der Waals surface area contributed by atoms with Crippen molar-refractivity contribution in [2.24, 2.45) is 0 Å². The second-order valence-electron chi connectivity index (χ2n) is 8.53. The number of carbonyl (C=O) groups excluding carboxylic acids is 1. The number of para-hydroxylation sites is 1. The van der Waals surface area contributed by atoms with Crippen LogP contribution in [-0.2, 0) is 10.0 Å². The zero-order valence-electron chi connectivity index (χ0n) is 17.5. The summed E-state index contributed by atoms with van der Waals surface area (Å²) >= 11 is 0. The van der Waals surface area contributed by atoms with Crippen LogP contribution in [0.2, 0.25) is 0 Å². The molecular formula is C24H30N2O3S. The van der Waals surface area contributed by atoms with Gasteiger partial charge in [0.1, 0.15) is 0 Å². The first-order valence-corrected chi connectivity index (χ1v) is 12.5. The molecule has 4 rings (SSSR count). The van der Waals surface area contributed by atoms with E-state index in [1.54, 1.807) is 24.3 Å². The number of hydrogen-bond donors (Lipinski definition) is 1. The minimum atomic E-state index is -3.70. The second kappa shape index (κ2) is 8.80. The van der Waals surface area contributed by atoms with E-state index in [4.69, 9.17) is 0 Å². The molecule has 2 aliphatic carbocycles. The second-order valence-corrected chi connectivity index (χ2v) is 10.2. The minimum absolute atomic E-state index is 0.0459. The van der Waals surface area contributed by atoms with Crippen molar-refractivity contribution in [3.63, 3.8) is 0 Å². The number of benzene rings is 2. The smallest absolute Gasteiger partial charge is 0.261 e. The predicted octanol–water partition coefficient (Wildman–Crippen LogP) is 5.12. The molecule has 0 spiro atoms. The summed E-state index contributed by atoms with van der Waals surface area (Å²) in [4.78, 5) is 15.7. The standard InChI is InChI=1S/C24H30N2O3S/c1-18-8-2-7-13-23(18)25-30(28,29)22-16-14-19(15-17-22)24(27)26(20-9-3-4-10-20)21-11-5-6-12-21/h2,7-8,13-17,20-21,25H,3-6,9-12H2,1H3. The van der Waals surface area contributed by atoms with Gasteiger partial charge >= 0.3 is 0 Å². The van der Waals surface area contributed by atoms with Crippen LogP contribution in [0.15, 0.2) is 53.4 Å². The van der Waals surface area contributed by atoms with Gasteiger partial charge in [0.05, 0.1) is 10.6 Å². The molecule has 0 bridgehead atoms. The molecule has 0 unspecified atom stereocenters. The summed E-state index contributed by atoms with van der Waals surface area (Å²) in [6.45, 7) is 1.86. The Morgan fingerprint density at radius 3 is 1.93 bits per heavy atom. The molecule has 0 atom stereocenters. The van der Waals surface area contributed by atoms with Crippen LogP contribution in [0.3, 0.4) is 0 Å². The van der Waals surface area contributed by atoms with E-state index in [9.17, 15) is 13.2 Å². The maximum absolute atomic E-state index is 13.4. The van der Waals surface area contributed by atoms with Crippen LogP contribution < -0.4 is 4.72 Å². The first-order valence-electron chi connectivity index (χ1n) is 11.0. The topological polar surface area (TPSA) is 66.5 Å². The highest BCUT2D eigenvalue weighted by Crippen LogP contribution is 2.33. The van der Waals surface area contributed by atoms with Crippen LogP contribution >= 0.6 is 0 Å². The van der Waals surface area contributed by atoms with Gasteiger partial charge in [0.15, 0.2) is 0 Å². The van der Waals surface area contributed by atoms with E-state index in [2.05, 4.69) is 9.62 Å². The van der Waals surface area contributed by atoms with Crippen LogP contribution in [0.4, 0.5) is 5.69 Å². The van der Waals surface area contributed by atoms with Gasteiger partial charge in [-0.05, 0) is 68.5 Å². The maximum atomic E-state index is 13.4. The molecule has 2 fully saturated rings. The predicted molar refractivity (Wildman–Crippen MR) is 119 cm³/mol. The van der Waals surface area contributed by atoms with Crippen molar-refractivity contribution in [2.75, 3.05) is 4.72 Å². The molecule has 0 heterocycles. The van der Waals surface area contributed by atoms with Crippen molar-refractivity contribution < 1.29 is 13.2 Å². The molecule has 5 nitrogen and oxygen atoms in total. The van der Waals surface area contributed by atoms with Crippen LogP contribution in [0.1, 0.15) is 67.3 Å². The molecule has 0 saturated heterocycles. The Labute approximate surface area is 179 Å². The number of rotatable bonds is 6. The Morgan fingerprint density at radius 1 is 0.867 bits per heavy atom. The SMILES string of the molecule is Cc1ccccc1NS(=O)(=O)c1ccc(C(=O)N(C2CCCC2)C2CCCC2)cc1. The lowest BCUT2D eigenvalue weighted by Gasteiger charge is -2.34. The van der Waals surface area contributed by atoms with Gasteiger partial charge in [-0.3, -0.25) is 9.52 Å². The Balaban J connectivity index is 1.54. The average Bonchev–Trinajstić information content (AvgIpc) is 3.45. The molecule has 0 aromatic heterocycles. The fraction of sp³-hybridized carbons (Fsp3) is 0.458. The van der Waals surface area contributed by atoms with E-state index in [0.717, 1.165) is 31.2 Å². The molecule has 160 valence electrons. The van der Waals surface area contributed by atoms with E-state index in [1.807, 2.05) is 19.1 Å². The fourth-order valence-electron chi connectivity index (χ4n) is 4.81. The van der Waals surface area contributed by atoms with Crippen LogP contribution in [0.5, 0.6) is 0 Å². The van der Waals surface area contributed by atoms with Gasteiger partial charge in [0, 0.05) is 17.6 Å². The van der Waals surface area contributed by atoms with Gasteiger partial charge in [-0.1, -0.05) is 43.9 Å². The van der Waals surface area contributed by atoms with Gasteiger partial charge in [0.25, 0.3) is 15.9 Å². The lowest BCUT2D eigenvalue weighted by molar-refractivity contribution is 0.0580. The zero-order chi connectivity index (χ0) is 21.1. The molecule has 30 heavy (non-hydrogen) atoms. The summed E-state index contributed by atoms with van der Waals surface area (Å²) in [5.41, 5.74) is 1.99. The first-order chi connectivity index (χ1) is 14.5. The monoisotopic (exact) mass is 426 g/mol. The summed E-state index contributed by atoms with van der Waals surface area (Å²) in [6, 6.07) is 14.3. The van der Waals surface area contributed by atoms with Crippen LogP contribution in [0, 0.1) is 6.92 Å². The lowest BCUT2D eigenvalue weighted by Crippen LogP contribution is -2.45. The Hall–Kier alpha value is -2.34. The number of amides is 1.